The molecule has 0 aromatic heterocycles. The van der Waals surface area contributed by atoms with Gasteiger partial charge in [-0.05, 0) is 35.9 Å². The van der Waals surface area contributed by atoms with Crippen LogP contribution in [0.25, 0.3) is 0 Å². The summed E-state index contributed by atoms with van der Waals surface area (Å²) in [6.07, 6.45) is 0. The summed E-state index contributed by atoms with van der Waals surface area (Å²) in [5.41, 5.74) is 0.179. The van der Waals surface area contributed by atoms with Crippen LogP contribution in [0.3, 0.4) is 0 Å². The van der Waals surface area contributed by atoms with Gasteiger partial charge >= 0.3 is 0 Å². The van der Waals surface area contributed by atoms with Crippen LogP contribution in [-0.4, -0.2) is 14.3 Å². The van der Waals surface area contributed by atoms with Crippen LogP contribution >= 0.6 is 0 Å². The molecule has 2 rings (SSSR count). The number of benzene rings is 2. The SMILES string of the molecule is NS(=O)(=O)c1ccc(CNC(=O)c2cc(F)ccc2F)cc1. The Morgan fingerprint density at radius 1 is 1.09 bits per heavy atom. The maximum absolute atomic E-state index is 13.4. The first-order valence-electron chi connectivity index (χ1n) is 6.12. The summed E-state index contributed by atoms with van der Waals surface area (Å²) in [6, 6.07) is 8.08. The van der Waals surface area contributed by atoms with Gasteiger partial charge in [0.2, 0.25) is 10.0 Å². The van der Waals surface area contributed by atoms with Gasteiger partial charge < -0.3 is 5.32 Å². The fourth-order valence-corrected chi connectivity index (χ4v) is 2.26. The lowest BCUT2D eigenvalue weighted by molar-refractivity contribution is 0.0946. The molecular formula is C14H12F2N2O3S. The topological polar surface area (TPSA) is 89.3 Å². The summed E-state index contributed by atoms with van der Waals surface area (Å²) in [6.45, 7) is 0.0275. The zero-order valence-electron chi connectivity index (χ0n) is 11.2. The first-order chi connectivity index (χ1) is 10.3. The summed E-state index contributed by atoms with van der Waals surface area (Å²) in [5.74, 6) is -2.32. The van der Waals surface area contributed by atoms with Gasteiger partial charge in [0.15, 0.2) is 0 Å². The van der Waals surface area contributed by atoms with Gasteiger partial charge in [-0.3, -0.25) is 4.79 Å². The van der Waals surface area contributed by atoms with Crippen LogP contribution < -0.4 is 10.5 Å². The van der Waals surface area contributed by atoms with E-state index in [1.54, 1.807) is 0 Å². The summed E-state index contributed by atoms with van der Waals surface area (Å²) < 4.78 is 48.6. The Bertz CT molecular complexity index is 805. The number of amides is 1. The third-order valence-electron chi connectivity index (χ3n) is 2.88. The van der Waals surface area contributed by atoms with Crippen molar-refractivity contribution in [1.29, 1.82) is 0 Å². The number of nitrogens with two attached hydrogens (primary N) is 1. The van der Waals surface area contributed by atoms with Gasteiger partial charge in [-0.1, -0.05) is 12.1 Å². The first kappa shape index (κ1) is 16.1. The van der Waals surface area contributed by atoms with Crippen molar-refractivity contribution in [2.75, 3.05) is 0 Å². The maximum atomic E-state index is 13.4. The van der Waals surface area contributed by atoms with E-state index in [-0.39, 0.29) is 11.4 Å². The molecule has 22 heavy (non-hydrogen) atoms. The minimum absolute atomic E-state index is 0.0275. The number of carbonyl (C=O) groups excluding carboxylic acids is 1. The second-order valence-electron chi connectivity index (χ2n) is 4.50. The zero-order chi connectivity index (χ0) is 16.3. The summed E-state index contributed by atoms with van der Waals surface area (Å²) in [7, 11) is -3.78. The highest BCUT2D eigenvalue weighted by atomic mass is 32.2. The fourth-order valence-electron chi connectivity index (χ4n) is 1.75. The van der Waals surface area contributed by atoms with E-state index < -0.39 is 33.1 Å². The van der Waals surface area contributed by atoms with E-state index in [2.05, 4.69) is 5.32 Å². The van der Waals surface area contributed by atoms with Crippen molar-refractivity contribution in [3.8, 4) is 0 Å². The predicted octanol–water partition coefficient (Wildman–Crippen LogP) is 1.54. The predicted molar refractivity (Wildman–Crippen MR) is 75.3 cm³/mol. The number of halogens is 2. The Kier molecular flexibility index (Phi) is 4.53. The molecule has 1 amide bonds. The molecule has 0 heterocycles. The third-order valence-corrected chi connectivity index (χ3v) is 3.81. The van der Waals surface area contributed by atoms with Gasteiger partial charge in [-0.2, -0.15) is 0 Å². The molecule has 0 radical (unpaired) electrons. The fraction of sp³-hybridized carbons (Fsp3) is 0.0714. The number of hydrogen-bond acceptors (Lipinski definition) is 3. The van der Waals surface area contributed by atoms with Crippen LogP contribution in [-0.2, 0) is 16.6 Å². The average Bonchev–Trinajstić information content (AvgIpc) is 2.47. The van der Waals surface area contributed by atoms with Crippen molar-refractivity contribution in [3.05, 3.63) is 65.2 Å². The molecule has 0 fully saturated rings. The Hall–Kier alpha value is -2.32. The Labute approximate surface area is 125 Å². The number of primary sulfonamides is 1. The lowest BCUT2D eigenvalue weighted by Crippen LogP contribution is -2.24. The second kappa shape index (κ2) is 6.20. The van der Waals surface area contributed by atoms with Gasteiger partial charge in [0.25, 0.3) is 5.91 Å². The van der Waals surface area contributed by atoms with Gasteiger partial charge in [0, 0.05) is 6.54 Å². The van der Waals surface area contributed by atoms with Crippen molar-refractivity contribution in [3.63, 3.8) is 0 Å². The molecule has 0 aliphatic rings. The van der Waals surface area contributed by atoms with E-state index in [4.69, 9.17) is 5.14 Å². The highest BCUT2D eigenvalue weighted by Gasteiger charge is 2.13. The molecule has 0 atom stereocenters. The lowest BCUT2D eigenvalue weighted by atomic mass is 10.1. The van der Waals surface area contributed by atoms with Crippen LogP contribution in [0.2, 0.25) is 0 Å². The highest BCUT2D eigenvalue weighted by Crippen LogP contribution is 2.11. The standard InChI is InChI=1S/C14H12F2N2O3S/c15-10-3-6-13(16)12(7-10)14(19)18-8-9-1-4-11(5-2-9)22(17,20)21/h1-7H,8H2,(H,18,19)(H2,17,20,21). The average molecular weight is 326 g/mol. The van der Waals surface area contributed by atoms with E-state index in [1.807, 2.05) is 0 Å². The van der Waals surface area contributed by atoms with Crippen molar-refractivity contribution in [2.24, 2.45) is 5.14 Å². The van der Waals surface area contributed by atoms with Crippen LogP contribution in [0.1, 0.15) is 15.9 Å². The van der Waals surface area contributed by atoms with E-state index in [1.165, 1.54) is 24.3 Å². The molecule has 0 saturated carbocycles. The quantitative estimate of drug-likeness (QED) is 0.893. The molecule has 5 nitrogen and oxygen atoms in total. The highest BCUT2D eigenvalue weighted by molar-refractivity contribution is 7.89. The summed E-state index contributed by atoms with van der Waals surface area (Å²) in [4.78, 5) is 11.7. The van der Waals surface area contributed by atoms with E-state index in [0.717, 1.165) is 18.2 Å². The molecule has 8 heteroatoms. The molecule has 3 N–H and O–H groups in total. The number of sulfonamides is 1. The second-order valence-corrected chi connectivity index (χ2v) is 6.06. The van der Waals surface area contributed by atoms with Crippen LogP contribution in [0.4, 0.5) is 8.78 Å². The van der Waals surface area contributed by atoms with Crippen LogP contribution in [0, 0.1) is 11.6 Å². The van der Waals surface area contributed by atoms with Gasteiger partial charge in [-0.25, -0.2) is 22.3 Å². The third kappa shape index (κ3) is 3.86. The molecule has 116 valence electrons. The van der Waals surface area contributed by atoms with E-state index in [0.29, 0.717) is 5.56 Å². The normalized spacial score (nSPS) is 11.2. The van der Waals surface area contributed by atoms with Crippen molar-refractivity contribution < 1.29 is 22.0 Å². The van der Waals surface area contributed by atoms with Gasteiger partial charge in [0.1, 0.15) is 11.6 Å². The number of hydrogen-bond donors (Lipinski definition) is 2. The van der Waals surface area contributed by atoms with Gasteiger partial charge in [-0.15, -0.1) is 0 Å². The summed E-state index contributed by atoms with van der Waals surface area (Å²) >= 11 is 0. The largest absolute Gasteiger partial charge is 0.348 e. The van der Waals surface area contributed by atoms with E-state index >= 15 is 0 Å². The minimum atomic E-state index is -3.78. The molecule has 0 aliphatic heterocycles. The number of nitrogens with one attached hydrogen (secondary N) is 1. The molecular weight excluding hydrogens is 314 g/mol. The lowest BCUT2D eigenvalue weighted by Gasteiger charge is -2.07. The molecule has 2 aromatic rings. The maximum Gasteiger partial charge on any atom is 0.254 e. The number of carbonyl (C=O) groups is 1. The zero-order valence-corrected chi connectivity index (χ0v) is 12.0. The summed E-state index contributed by atoms with van der Waals surface area (Å²) in [5, 5.41) is 7.38. The number of rotatable bonds is 4. The molecule has 0 spiro atoms. The monoisotopic (exact) mass is 326 g/mol. The van der Waals surface area contributed by atoms with Crippen molar-refractivity contribution >= 4 is 15.9 Å². The first-order valence-corrected chi connectivity index (χ1v) is 7.67. The molecule has 2 aromatic carbocycles. The molecule has 0 saturated heterocycles. The Morgan fingerprint density at radius 3 is 2.32 bits per heavy atom. The smallest absolute Gasteiger partial charge is 0.254 e. The van der Waals surface area contributed by atoms with E-state index in [9.17, 15) is 22.0 Å². The van der Waals surface area contributed by atoms with Crippen LogP contribution in [0.15, 0.2) is 47.4 Å². The van der Waals surface area contributed by atoms with Crippen LogP contribution in [0.5, 0.6) is 0 Å². The molecule has 0 bridgehead atoms. The molecule has 0 aliphatic carbocycles. The molecule has 0 unspecified atom stereocenters. The Balaban J connectivity index is 2.07. The minimum Gasteiger partial charge on any atom is -0.348 e. The van der Waals surface area contributed by atoms with Crippen molar-refractivity contribution in [1.82, 2.24) is 5.32 Å². The van der Waals surface area contributed by atoms with Crippen molar-refractivity contribution in [2.45, 2.75) is 11.4 Å². The Morgan fingerprint density at radius 2 is 1.73 bits per heavy atom. The van der Waals surface area contributed by atoms with Gasteiger partial charge in [0.05, 0.1) is 10.5 Å².